The molecule has 0 bridgehead atoms. The second-order valence-electron chi connectivity index (χ2n) is 11.4. The summed E-state index contributed by atoms with van der Waals surface area (Å²) >= 11 is 0. The van der Waals surface area contributed by atoms with E-state index in [4.69, 9.17) is 9.73 Å². The van der Waals surface area contributed by atoms with Gasteiger partial charge < -0.3 is 14.5 Å². The number of nitrogens with zero attached hydrogens (tertiary/aromatic N) is 4. The Morgan fingerprint density at radius 1 is 1.00 bits per heavy atom. The quantitative estimate of drug-likeness (QED) is 0.116. The van der Waals surface area contributed by atoms with Crippen LogP contribution in [0.1, 0.15) is 54.7 Å². The summed E-state index contributed by atoms with van der Waals surface area (Å²) in [5.74, 6) is -1.35. The zero-order valence-electron chi connectivity index (χ0n) is 25.2. The summed E-state index contributed by atoms with van der Waals surface area (Å²) in [6.07, 6.45) is 3.74. The first-order valence-electron chi connectivity index (χ1n) is 15.1. The minimum atomic E-state index is -0.802. The Hall–Kier alpha value is -4.63. The van der Waals surface area contributed by atoms with Gasteiger partial charge in [-0.15, -0.1) is 0 Å². The number of methoxy groups -OCH3 is 1. The van der Waals surface area contributed by atoms with Gasteiger partial charge in [0.2, 0.25) is 6.41 Å². The standard InChI is InChI=1S/C35H38N4O5/c1-25-31(35(41)44-2)32(28-14-16-30(17-15-28)39(42)43)34(33(36-25)29-12-7-4-8-13-29)38(24-40)21-9-20-37-22-18-27(19-23-37)26-10-5-3-6-11-26/h3-8,10-17,24,27,31-32H,9,18-23H2,1-2H3. The molecule has 3 aromatic carbocycles. The van der Waals surface area contributed by atoms with Crippen molar-refractivity contribution in [3.05, 3.63) is 117 Å². The Labute approximate surface area is 258 Å². The van der Waals surface area contributed by atoms with E-state index in [0.29, 0.717) is 35.1 Å². The van der Waals surface area contributed by atoms with Crippen molar-refractivity contribution in [2.75, 3.05) is 33.3 Å². The maximum Gasteiger partial charge on any atom is 0.315 e. The van der Waals surface area contributed by atoms with E-state index >= 15 is 0 Å². The number of hydrogen-bond donors (Lipinski definition) is 0. The molecule has 2 unspecified atom stereocenters. The van der Waals surface area contributed by atoms with Gasteiger partial charge in [-0.05, 0) is 62.9 Å². The number of carbonyl (C=O) groups is 2. The summed E-state index contributed by atoms with van der Waals surface area (Å²) in [6.45, 7) is 5.05. The van der Waals surface area contributed by atoms with Gasteiger partial charge in [-0.3, -0.25) is 24.7 Å². The Morgan fingerprint density at radius 2 is 1.64 bits per heavy atom. The molecule has 1 fully saturated rings. The number of allylic oxidation sites excluding steroid dienone is 1. The van der Waals surface area contributed by atoms with Crippen LogP contribution in [0, 0.1) is 16.0 Å². The van der Waals surface area contributed by atoms with Gasteiger partial charge >= 0.3 is 5.97 Å². The van der Waals surface area contributed by atoms with E-state index in [0.717, 1.165) is 50.9 Å². The smallest absolute Gasteiger partial charge is 0.315 e. The fourth-order valence-corrected chi connectivity index (χ4v) is 6.47. The number of non-ortho nitro benzene ring substituents is 1. The van der Waals surface area contributed by atoms with Crippen molar-refractivity contribution >= 4 is 29.5 Å². The molecular weight excluding hydrogens is 556 g/mol. The number of amides is 1. The molecule has 0 aliphatic carbocycles. The van der Waals surface area contributed by atoms with Crippen molar-refractivity contribution in [2.24, 2.45) is 10.9 Å². The Morgan fingerprint density at radius 3 is 2.23 bits per heavy atom. The van der Waals surface area contributed by atoms with Crippen molar-refractivity contribution in [1.29, 1.82) is 0 Å². The van der Waals surface area contributed by atoms with Crippen LogP contribution in [0.2, 0.25) is 0 Å². The number of esters is 1. The minimum Gasteiger partial charge on any atom is -0.468 e. The molecule has 2 heterocycles. The summed E-state index contributed by atoms with van der Waals surface area (Å²) in [7, 11) is 1.33. The molecule has 0 saturated carbocycles. The highest BCUT2D eigenvalue weighted by molar-refractivity contribution is 6.06. The van der Waals surface area contributed by atoms with Crippen LogP contribution in [0.25, 0.3) is 5.70 Å². The monoisotopic (exact) mass is 594 g/mol. The lowest BCUT2D eigenvalue weighted by atomic mass is 9.77. The van der Waals surface area contributed by atoms with E-state index in [2.05, 4.69) is 35.2 Å². The lowest BCUT2D eigenvalue weighted by molar-refractivity contribution is -0.384. The van der Waals surface area contributed by atoms with Gasteiger partial charge in [0.05, 0.1) is 23.4 Å². The molecule has 3 aromatic rings. The normalized spacial score (nSPS) is 19.3. The summed E-state index contributed by atoms with van der Waals surface area (Å²) < 4.78 is 5.21. The fraction of sp³-hybridized carbons (Fsp3) is 0.343. The van der Waals surface area contributed by atoms with E-state index in [-0.39, 0.29) is 5.69 Å². The van der Waals surface area contributed by atoms with Gasteiger partial charge in [0.25, 0.3) is 5.69 Å². The van der Waals surface area contributed by atoms with Crippen molar-refractivity contribution in [2.45, 2.75) is 38.0 Å². The van der Waals surface area contributed by atoms with Gasteiger partial charge in [0.15, 0.2) is 0 Å². The third kappa shape index (κ3) is 6.78. The number of likely N-dealkylation sites (tertiary alicyclic amines) is 1. The molecule has 0 N–H and O–H groups in total. The van der Waals surface area contributed by atoms with Crippen molar-refractivity contribution in [3.8, 4) is 0 Å². The average Bonchev–Trinajstić information content (AvgIpc) is 3.07. The minimum absolute atomic E-state index is 0.0540. The number of hydrogen-bond acceptors (Lipinski definition) is 7. The molecule has 9 nitrogen and oxygen atoms in total. The number of benzene rings is 3. The molecule has 1 amide bonds. The van der Waals surface area contributed by atoms with E-state index < -0.39 is 22.7 Å². The molecule has 0 aromatic heterocycles. The molecule has 44 heavy (non-hydrogen) atoms. The molecule has 0 spiro atoms. The van der Waals surface area contributed by atoms with E-state index in [1.165, 1.54) is 24.8 Å². The third-order valence-corrected chi connectivity index (χ3v) is 8.74. The zero-order chi connectivity index (χ0) is 31.1. The number of piperidine rings is 1. The molecule has 2 atom stereocenters. The number of rotatable bonds is 11. The van der Waals surface area contributed by atoms with E-state index in [1.807, 2.05) is 30.3 Å². The summed E-state index contributed by atoms with van der Waals surface area (Å²) in [4.78, 5) is 46.0. The molecule has 5 rings (SSSR count). The van der Waals surface area contributed by atoms with Crippen LogP contribution in [0.4, 0.5) is 5.69 Å². The molecule has 1 saturated heterocycles. The maximum absolute atomic E-state index is 13.2. The van der Waals surface area contributed by atoms with Gasteiger partial charge in [0, 0.05) is 35.9 Å². The predicted molar refractivity (Wildman–Crippen MR) is 170 cm³/mol. The largest absolute Gasteiger partial charge is 0.468 e. The Kier molecular flexibility index (Phi) is 9.96. The van der Waals surface area contributed by atoms with E-state index in [1.54, 1.807) is 24.0 Å². The summed E-state index contributed by atoms with van der Waals surface area (Å²) in [5, 5.41) is 11.4. The molecule has 2 aliphatic heterocycles. The SMILES string of the molecule is COC(=O)C1C(C)=NC(c2ccccc2)=C(N(C=O)CCCN2CCC(c3ccccc3)CC2)C1c1ccc([N+](=O)[O-])cc1. The van der Waals surface area contributed by atoms with Crippen LogP contribution >= 0.6 is 0 Å². The first kappa shape index (κ1) is 30.8. The Bertz CT molecular complexity index is 1510. The van der Waals surface area contributed by atoms with Gasteiger partial charge in [0.1, 0.15) is 5.92 Å². The lowest BCUT2D eigenvalue weighted by Gasteiger charge is -2.37. The van der Waals surface area contributed by atoms with Crippen LogP contribution in [-0.2, 0) is 14.3 Å². The highest BCUT2D eigenvalue weighted by Gasteiger charge is 2.42. The molecular formula is C35H38N4O5. The fourth-order valence-electron chi connectivity index (χ4n) is 6.47. The lowest BCUT2D eigenvalue weighted by Crippen LogP contribution is -2.40. The van der Waals surface area contributed by atoms with E-state index in [9.17, 15) is 19.7 Å². The summed E-state index contributed by atoms with van der Waals surface area (Å²) in [5.41, 5.74) is 4.55. The molecule has 9 heteroatoms. The number of carbonyl (C=O) groups excluding carboxylic acids is 2. The third-order valence-electron chi connectivity index (χ3n) is 8.74. The van der Waals surface area contributed by atoms with Crippen LogP contribution in [-0.4, -0.2) is 66.1 Å². The van der Waals surface area contributed by atoms with Gasteiger partial charge in [-0.1, -0.05) is 72.8 Å². The van der Waals surface area contributed by atoms with Gasteiger partial charge in [-0.25, -0.2) is 0 Å². The van der Waals surface area contributed by atoms with Crippen molar-refractivity contribution in [3.63, 3.8) is 0 Å². The van der Waals surface area contributed by atoms with Crippen molar-refractivity contribution < 1.29 is 19.2 Å². The molecule has 228 valence electrons. The number of nitro groups is 1. The van der Waals surface area contributed by atoms with Crippen LogP contribution in [0.15, 0.2) is 95.6 Å². The number of ether oxygens (including phenoxy) is 1. The zero-order valence-corrected chi connectivity index (χ0v) is 25.2. The molecule has 2 aliphatic rings. The second-order valence-corrected chi connectivity index (χ2v) is 11.4. The first-order valence-corrected chi connectivity index (χ1v) is 15.1. The number of nitro benzene ring substituents is 1. The van der Waals surface area contributed by atoms with Crippen LogP contribution in [0.5, 0.6) is 0 Å². The number of aliphatic imine (C=N–C) groups is 1. The predicted octanol–water partition coefficient (Wildman–Crippen LogP) is 6.04. The highest BCUT2D eigenvalue weighted by Crippen LogP contribution is 2.44. The highest BCUT2D eigenvalue weighted by atomic mass is 16.6. The van der Waals surface area contributed by atoms with Crippen LogP contribution in [0.3, 0.4) is 0 Å². The molecule has 0 radical (unpaired) electrons. The maximum atomic E-state index is 13.2. The Balaban J connectivity index is 1.44. The topological polar surface area (TPSA) is 105 Å². The average molecular weight is 595 g/mol. The van der Waals surface area contributed by atoms with Crippen LogP contribution < -0.4 is 0 Å². The first-order chi connectivity index (χ1) is 21.4. The second kappa shape index (κ2) is 14.2. The van der Waals surface area contributed by atoms with Gasteiger partial charge in [-0.2, -0.15) is 0 Å². The summed E-state index contributed by atoms with van der Waals surface area (Å²) in [6, 6.07) is 26.4. The van der Waals surface area contributed by atoms with Crippen molar-refractivity contribution in [1.82, 2.24) is 9.80 Å².